The number of hydrogen-bond donors (Lipinski definition) is 1. The number of esters is 1. The standard InChI is InChI=1S/C28H30O6S2/c1-31-22-14-19(15-23(32-2)26(22)33-3)25(29)24-21(16-34-27(24)30)28(35-11-6-12-36-28)20-10-9-17-7-4-5-8-18(17)13-20/h4-5,7-10,13-15,21,24-25,29H,6,11-12,16H2,1-3H3/t21-,24-,25+/m1/s1. The highest BCUT2D eigenvalue weighted by Crippen LogP contribution is 2.60. The van der Waals surface area contributed by atoms with Crippen LogP contribution in [0.4, 0.5) is 0 Å². The van der Waals surface area contributed by atoms with E-state index >= 15 is 0 Å². The largest absolute Gasteiger partial charge is 0.493 e. The molecule has 3 aromatic rings. The fourth-order valence-electron chi connectivity index (χ4n) is 5.26. The van der Waals surface area contributed by atoms with Gasteiger partial charge in [0.2, 0.25) is 5.75 Å². The second-order valence-electron chi connectivity index (χ2n) is 8.95. The number of benzene rings is 3. The van der Waals surface area contributed by atoms with Crippen LogP contribution < -0.4 is 14.2 Å². The summed E-state index contributed by atoms with van der Waals surface area (Å²) in [6.07, 6.45) is 0.00546. The molecule has 2 heterocycles. The summed E-state index contributed by atoms with van der Waals surface area (Å²) in [5, 5.41) is 14.0. The first-order valence-corrected chi connectivity index (χ1v) is 13.9. The van der Waals surface area contributed by atoms with Gasteiger partial charge in [0.05, 0.1) is 44.0 Å². The van der Waals surface area contributed by atoms with Crippen molar-refractivity contribution in [3.8, 4) is 17.2 Å². The zero-order valence-corrected chi connectivity index (χ0v) is 22.2. The van der Waals surface area contributed by atoms with Gasteiger partial charge in [0, 0.05) is 5.92 Å². The van der Waals surface area contributed by atoms with Crippen LogP contribution in [0.5, 0.6) is 17.2 Å². The molecule has 2 fully saturated rings. The summed E-state index contributed by atoms with van der Waals surface area (Å²) in [5.74, 6) is 1.92. The quantitative estimate of drug-likeness (QED) is 0.410. The van der Waals surface area contributed by atoms with Gasteiger partial charge in [0.25, 0.3) is 0 Å². The Balaban J connectivity index is 1.58. The molecular weight excluding hydrogens is 496 g/mol. The third-order valence-electron chi connectivity index (χ3n) is 7.04. The average Bonchev–Trinajstić information content (AvgIpc) is 3.33. The van der Waals surface area contributed by atoms with Crippen molar-refractivity contribution in [2.75, 3.05) is 39.4 Å². The minimum Gasteiger partial charge on any atom is -0.493 e. The summed E-state index contributed by atoms with van der Waals surface area (Å²) in [4.78, 5) is 13.2. The predicted octanol–water partition coefficient (Wildman–Crippen LogP) is 5.41. The fraction of sp³-hybridized carbons (Fsp3) is 0.393. The van der Waals surface area contributed by atoms with E-state index in [1.807, 2.05) is 35.7 Å². The average molecular weight is 527 g/mol. The maximum Gasteiger partial charge on any atom is 0.312 e. The highest BCUT2D eigenvalue weighted by atomic mass is 32.2. The molecule has 190 valence electrons. The number of ether oxygens (including phenoxy) is 4. The van der Waals surface area contributed by atoms with Gasteiger partial charge in [-0.1, -0.05) is 36.4 Å². The minimum absolute atomic E-state index is 0.226. The van der Waals surface area contributed by atoms with E-state index in [4.69, 9.17) is 18.9 Å². The van der Waals surface area contributed by atoms with Crippen molar-refractivity contribution in [3.63, 3.8) is 0 Å². The summed E-state index contributed by atoms with van der Waals surface area (Å²) in [6.45, 7) is 0.262. The number of aliphatic hydroxyl groups excluding tert-OH is 1. The van der Waals surface area contributed by atoms with Crippen LogP contribution in [0.25, 0.3) is 10.8 Å². The van der Waals surface area contributed by atoms with Crippen LogP contribution in [0.1, 0.15) is 23.7 Å². The number of cyclic esters (lactones) is 1. The molecular formula is C28H30O6S2. The van der Waals surface area contributed by atoms with Crippen molar-refractivity contribution in [1.82, 2.24) is 0 Å². The van der Waals surface area contributed by atoms with Crippen LogP contribution >= 0.6 is 23.5 Å². The van der Waals surface area contributed by atoms with E-state index < -0.39 is 16.1 Å². The minimum atomic E-state index is -1.10. The second kappa shape index (κ2) is 10.4. The molecule has 2 aliphatic heterocycles. The predicted molar refractivity (Wildman–Crippen MR) is 144 cm³/mol. The van der Waals surface area contributed by atoms with E-state index in [1.165, 1.54) is 26.7 Å². The summed E-state index contributed by atoms with van der Waals surface area (Å²) in [6, 6.07) is 18.2. The molecule has 3 atom stereocenters. The molecule has 0 radical (unpaired) electrons. The summed E-state index contributed by atoms with van der Waals surface area (Å²) in [5.41, 5.74) is 1.68. The lowest BCUT2D eigenvalue weighted by molar-refractivity contribution is -0.144. The summed E-state index contributed by atoms with van der Waals surface area (Å²) in [7, 11) is 4.60. The molecule has 0 aliphatic carbocycles. The maximum absolute atomic E-state index is 13.2. The molecule has 0 bridgehead atoms. The van der Waals surface area contributed by atoms with Gasteiger partial charge in [0.15, 0.2) is 11.5 Å². The maximum atomic E-state index is 13.2. The number of thioether (sulfide) groups is 2. The molecule has 5 rings (SSSR count). The molecule has 8 heteroatoms. The first kappa shape index (κ1) is 25.1. The van der Waals surface area contributed by atoms with E-state index in [2.05, 4.69) is 30.3 Å². The molecule has 1 N–H and O–H groups in total. The Morgan fingerprint density at radius 2 is 1.61 bits per heavy atom. The molecule has 3 aromatic carbocycles. The highest BCUT2D eigenvalue weighted by molar-refractivity contribution is 8.18. The Morgan fingerprint density at radius 1 is 0.944 bits per heavy atom. The fourth-order valence-corrected chi connectivity index (χ4v) is 8.90. The third kappa shape index (κ3) is 4.29. The van der Waals surface area contributed by atoms with Gasteiger partial charge in [-0.3, -0.25) is 4.79 Å². The number of fused-ring (bicyclic) bond motifs is 1. The zero-order valence-electron chi connectivity index (χ0n) is 20.6. The first-order chi connectivity index (χ1) is 17.5. The van der Waals surface area contributed by atoms with E-state index in [9.17, 15) is 9.90 Å². The van der Waals surface area contributed by atoms with E-state index in [0.717, 1.165) is 28.9 Å². The van der Waals surface area contributed by atoms with Gasteiger partial charge < -0.3 is 24.1 Å². The van der Waals surface area contributed by atoms with Crippen LogP contribution in [0.3, 0.4) is 0 Å². The molecule has 2 aliphatic rings. The summed E-state index contributed by atoms with van der Waals surface area (Å²) < 4.78 is 21.7. The van der Waals surface area contributed by atoms with Gasteiger partial charge >= 0.3 is 5.97 Å². The van der Waals surface area contributed by atoms with Gasteiger partial charge in [-0.2, -0.15) is 0 Å². The van der Waals surface area contributed by atoms with Gasteiger partial charge in [-0.05, 0) is 58.0 Å². The number of carbonyl (C=O) groups is 1. The Morgan fingerprint density at radius 3 is 2.25 bits per heavy atom. The Labute approximate surface area is 219 Å². The molecule has 0 unspecified atom stereocenters. The lowest BCUT2D eigenvalue weighted by atomic mass is 9.81. The smallest absolute Gasteiger partial charge is 0.312 e. The first-order valence-electron chi connectivity index (χ1n) is 11.9. The Kier molecular flexibility index (Phi) is 7.28. The highest BCUT2D eigenvalue weighted by Gasteiger charge is 2.55. The van der Waals surface area contributed by atoms with Crippen LogP contribution in [0.15, 0.2) is 54.6 Å². The topological polar surface area (TPSA) is 74.2 Å². The zero-order chi connectivity index (χ0) is 25.3. The van der Waals surface area contributed by atoms with Crippen LogP contribution in [-0.4, -0.2) is 50.5 Å². The Hall–Kier alpha value is -2.55. The van der Waals surface area contributed by atoms with Crippen molar-refractivity contribution < 1.29 is 28.8 Å². The summed E-state index contributed by atoms with van der Waals surface area (Å²) >= 11 is 3.72. The molecule has 0 saturated carbocycles. The van der Waals surface area contributed by atoms with Crippen molar-refractivity contribution in [1.29, 1.82) is 0 Å². The Bertz CT molecular complexity index is 1230. The lowest BCUT2D eigenvalue weighted by Gasteiger charge is -2.43. The number of aliphatic hydroxyl groups is 1. The van der Waals surface area contributed by atoms with E-state index in [-0.39, 0.29) is 18.5 Å². The van der Waals surface area contributed by atoms with Crippen molar-refractivity contribution >= 4 is 40.3 Å². The monoisotopic (exact) mass is 526 g/mol. The molecule has 36 heavy (non-hydrogen) atoms. The SMILES string of the molecule is COc1cc([C@H](O)[C@@H]2C(=O)OC[C@H]2C2(c3ccc4ccccc4c3)SCCCS2)cc(OC)c1OC. The van der Waals surface area contributed by atoms with Gasteiger partial charge in [-0.15, -0.1) is 23.5 Å². The normalized spacial score (nSPS) is 22.2. The van der Waals surface area contributed by atoms with Gasteiger partial charge in [-0.25, -0.2) is 0 Å². The van der Waals surface area contributed by atoms with E-state index in [0.29, 0.717) is 22.8 Å². The molecule has 0 aromatic heterocycles. The van der Waals surface area contributed by atoms with E-state index in [1.54, 1.807) is 12.1 Å². The molecule has 0 amide bonds. The van der Waals surface area contributed by atoms with Crippen molar-refractivity contribution in [2.24, 2.45) is 11.8 Å². The van der Waals surface area contributed by atoms with Gasteiger partial charge in [0.1, 0.15) is 0 Å². The van der Waals surface area contributed by atoms with Crippen LogP contribution in [-0.2, 0) is 13.6 Å². The number of methoxy groups -OCH3 is 3. The second-order valence-corrected chi connectivity index (χ2v) is 11.9. The van der Waals surface area contributed by atoms with Crippen molar-refractivity contribution in [3.05, 3.63) is 65.7 Å². The van der Waals surface area contributed by atoms with Crippen molar-refractivity contribution in [2.45, 2.75) is 16.6 Å². The third-order valence-corrected chi connectivity index (χ3v) is 10.7. The molecule has 2 saturated heterocycles. The lowest BCUT2D eigenvalue weighted by Crippen LogP contribution is -2.39. The number of carbonyl (C=O) groups excluding carboxylic acids is 1. The number of rotatable bonds is 7. The van der Waals surface area contributed by atoms with Crippen LogP contribution in [0, 0.1) is 11.8 Å². The number of hydrogen-bond acceptors (Lipinski definition) is 8. The van der Waals surface area contributed by atoms with Crippen LogP contribution in [0.2, 0.25) is 0 Å². The molecule has 6 nitrogen and oxygen atoms in total. The molecule has 0 spiro atoms.